The van der Waals surface area contributed by atoms with Gasteiger partial charge in [0.05, 0.1) is 0 Å². The van der Waals surface area contributed by atoms with E-state index in [2.05, 4.69) is 26.1 Å². The zero-order valence-electron chi connectivity index (χ0n) is 15.8. The highest BCUT2D eigenvalue weighted by Crippen LogP contribution is 2.24. The van der Waals surface area contributed by atoms with Gasteiger partial charge in [-0.1, -0.05) is 6.92 Å². The quantitative estimate of drug-likeness (QED) is 0.786. The van der Waals surface area contributed by atoms with E-state index in [0.717, 1.165) is 38.8 Å². The van der Waals surface area contributed by atoms with Gasteiger partial charge in [0.25, 0.3) is 0 Å². The smallest absolute Gasteiger partial charge is 0.410 e. The third-order valence-electron chi connectivity index (χ3n) is 4.84. The van der Waals surface area contributed by atoms with Crippen LogP contribution >= 0.6 is 0 Å². The van der Waals surface area contributed by atoms with Crippen LogP contribution < -0.4 is 5.32 Å². The van der Waals surface area contributed by atoms with Gasteiger partial charge in [-0.05, 0) is 66.2 Å². The van der Waals surface area contributed by atoms with E-state index in [-0.39, 0.29) is 18.2 Å². The number of rotatable bonds is 6. The predicted octanol–water partition coefficient (Wildman–Crippen LogP) is 3.16. The maximum absolute atomic E-state index is 12.3. The lowest BCUT2D eigenvalue weighted by Gasteiger charge is -2.40. The van der Waals surface area contributed by atoms with E-state index in [4.69, 9.17) is 4.74 Å². The van der Waals surface area contributed by atoms with Gasteiger partial charge in [-0.15, -0.1) is 0 Å². The molecule has 3 unspecified atom stereocenters. The van der Waals surface area contributed by atoms with Gasteiger partial charge >= 0.3 is 6.09 Å². The van der Waals surface area contributed by atoms with Crippen molar-refractivity contribution in [3.05, 3.63) is 0 Å². The molecular formula is C18H36N2O3. The highest BCUT2D eigenvalue weighted by Gasteiger charge is 2.32. The van der Waals surface area contributed by atoms with E-state index >= 15 is 0 Å². The topological polar surface area (TPSA) is 61.8 Å². The summed E-state index contributed by atoms with van der Waals surface area (Å²) in [6.07, 6.45) is 3.64. The van der Waals surface area contributed by atoms with Crippen LogP contribution in [0.2, 0.25) is 0 Å². The third-order valence-corrected chi connectivity index (χ3v) is 4.84. The third kappa shape index (κ3) is 6.68. The largest absolute Gasteiger partial charge is 0.444 e. The van der Waals surface area contributed by atoms with Crippen molar-refractivity contribution in [1.82, 2.24) is 10.2 Å². The van der Waals surface area contributed by atoms with Crippen molar-refractivity contribution in [3.63, 3.8) is 0 Å². The van der Waals surface area contributed by atoms with Crippen molar-refractivity contribution in [2.75, 3.05) is 19.7 Å². The average Bonchev–Trinajstić information content (AvgIpc) is 2.46. The minimum Gasteiger partial charge on any atom is -0.444 e. The first kappa shape index (κ1) is 20.2. The lowest BCUT2D eigenvalue weighted by Crippen LogP contribution is -2.53. The number of amides is 1. The average molecular weight is 328 g/mol. The van der Waals surface area contributed by atoms with Crippen LogP contribution in [-0.2, 0) is 4.74 Å². The van der Waals surface area contributed by atoms with Gasteiger partial charge < -0.3 is 20.1 Å². The van der Waals surface area contributed by atoms with Gasteiger partial charge in [0, 0.05) is 31.3 Å². The highest BCUT2D eigenvalue weighted by atomic mass is 16.6. The van der Waals surface area contributed by atoms with Crippen LogP contribution in [-0.4, -0.2) is 53.0 Å². The van der Waals surface area contributed by atoms with Gasteiger partial charge in [0.1, 0.15) is 5.60 Å². The minimum absolute atomic E-state index is 0.0532. The molecule has 1 rings (SSSR count). The molecule has 1 amide bonds. The molecule has 1 heterocycles. The molecule has 23 heavy (non-hydrogen) atoms. The number of hydrogen-bond acceptors (Lipinski definition) is 4. The molecule has 1 aliphatic heterocycles. The molecule has 1 aliphatic rings. The molecule has 0 spiro atoms. The molecule has 0 radical (unpaired) electrons. The number of aliphatic hydroxyl groups is 1. The summed E-state index contributed by atoms with van der Waals surface area (Å²) in [5.41, 5.74) is -0.502. The second-order valence-electron chi connectivity index (χ2n) is 8.15. The fraction of sp³-hybridized carbons (Fsp3) is 0.944. The molecule has 1 saturated heterocycles. The maximum atomic E-state index is 12.3. The van der Waals surface area contributed by atoms with Gasteiger partial charge in [0.2, 0.25) is 0 Å². The highest BCUT2D eigenvalue weighted by molar-refractivity contribution is 5.68. The maximum Gasteiger partial charge on any atom is 0.410 e. The van der Waals surface area contributed by atoms with Gasteiger partial charge in [-0.25, -0.2) is 4.79 Å². The van der Waals surface area contributed by atoms with E-state index in [9.17, 15) is 9.90 Å². The molecule has 0 aromatic carbocycles. The van der Waals surface area contributed by atoms with Crippen LogP contribution in [0.5, 0.6) is 0 Å². The molecule has 136 valence electrons. The SMILES string of the molecule is CCC(C)(CCO)NC(C)C1CCCN(C(=O)OC(C)(C)C)C1. The fourth-order valence-corrected chi connectivity index (χ4v) is 3.18. The zero-order chi connectivity index (χ0) is 17.7. The Balaban J connectivity index is 2.61. The number of ether oxygens (including phenoxy) is 1. The number of nitrogens with one attached hydrogen (secondary N) is 1. The second kappa shape index (κ2) is 8.34. The first-order valence-electron chi connectivity index (χ1n) is 8.96. The van der Waals surface area contributed by atoms with Gasteiger partial charge in [-0.2, -0.15) is 0 Å². The van der Waals surface area contributed by atoms with Crippen molar-refractivity contribution >= 4 is 6.09 Å². The summed E-state index contributed by atoms with van der Waals surface area (Å²) < 4.78 is 5.50. The van der Waals surface area contributed by atoms with Crippen molar-refractivity contribution < 1.29 is 14.6 Å². The lowest BCUT2D eigenvalue weighted by atomic mass is 9.87. The summed E-state index contributed by atoms with van der Waals surface area (Å²) in [4.78, 5) is 14.1. The van der Waals surface area contributed by atoms with Gasteiger partial charge in [-0.3, -0.25) is 0 Å². The number of nitrogens with zero attached hydrogens (tertiary/aromatic N) is 1. The Kier molecular flexibility index (Phi) is 7.33. The van der Waals surface area contributed by atoms with Crippen molar-refractivity contribution in [3.8, 4) is 0 Å². The lowest BCUT2D eigenvalue weighted by molar-refractivity contribution is 0.0140. The Labute approximate surface area is 141 Å². The fourth-order valence-electron chi connectivity index (χ4n) is 3.18. The number of carbonyl (C=O) groups excluding carboxylic acids is 1. The number of likely N-dealkylation sites (tertiary alicyclic amines) is 1. The molecule has 2 N–H and O–H groups in total. The van der Waals surface area contributed by atoms with Crippen LogP contribution in [0, 0.1) is 5.92 Å². The summed E-state index contributed by atoms with van der Waals surface area (Å²) in [6, 6.07) is 0.303. The molecule has 1 fully saturated rings. The summed E-state index contributed by atoms with van der Waals surface area (Å²) in [5.74, 6) is 0.417. The molecular weight excluding hydrogens is 292 g/mol. The van der Waals surface area contributed by atoms with Crippen LogP contribution in [0.3, 0.4) is 0 Å². The molecule has 3 atom stereocenters. The van der Waals surface area contributed by atoms with E-state index in [0.29, 0.717) is 12.0 Å². The van der Waals surface area contributed by atoms with Crippen molar-refractivity contribution in [1.29, 1.82) is 0 Å². The van der Waals surface area contributed by atoms with Crippen LogP contribution in [0.1, 0.15) is 67.2 Å². The Morgan fingerprint density at radius 1 is 1.39 bits per heavy atom. The first-order chi connectivity index (χ1) is 10.6. The van der Waals surface area contributed by atoms with E-state index in [1.54, 1.807) is 0 Å². The predicted molar refractivity (Wildman–Crippen MR) is 93.5 cm³/mol. The summed E-state index contributed by atoms with van der Waals surface area (Å²) in [6.45, 7) is 13.9. The Bertz CT molecular complexity index is 381. The minimum atomic E-state index is -0.449. The Morgan fingerprint density at radius 2 is 2.04 bits per heavy atom. The standard InChI is InChI=1S/C18H36N2O3/c1-7-18(6,10-12-21)19-14(2)15-9-8-11-20(13-15)16(22)23-17(3,4)5/h14-15,19,21H,7-13H2,1-6H3. The molecule has 0 aromatic rings. The molecule has 5 nitrogen and oxygen atoms in total. The molecule has 0 aliphatic carbocycles. The molecule has 5 heteroatoms. The summed E-state index contributed by atoms with van der Waals surface area (Å²) >= 11 is 0. The first-order valence-corrected chi connectivity index (χ1v) is 8.96. The Hall–Kier alpha value is -0.810. The van der Waals surface area contributed by atoms with E-state index in [1.165, 1.54) is 0 Å². The normalized spacial score (nSPS) is 23.3. The number of carbonyl (C=O) groups is 1. The van der Waals surface area contributed by atoms with E-state index in [1.807, 2.05) is 25.7 Å². The van der Waals surface area contributed by atoms with Crippen LogP contribution in [0.4, 0.5) is 4.79 Å². The van der Waals surface area contributed by atoms with Gasteiger partial charge in [0.15, 0.2) is 0 Å². The van der Waals surface area contributed by atoms with E-state index < -0.39 is 5.60 Å². The van der Waals surface area contributed by atoms with Crippen LogP contribution in [0.15, 0.2) is 0 Å². The molecule has 0 bridgehead atoms. The summed E-state index contributed by atoms with van der Waals surface area (Å²) in [5, 5.41) is 13.0. The van der Waals surface area contributed by atoms with Crippen LogP contribution in [0.25, 0.3) is 0 Å². The number of hydrogen-bond donors (Lipinski definition) is 2. The Morgan fingerprint density at radius 3 is 2.57 bits per heavy atom. The molecule has 0 saturated carbocycles. The number of piperidine rings is 1. The molecule has 0 aromatic heterocycles. The zero-order valence-corrected chi connectivity index (χ0v) is 15.8. The second-order valence-corrected chi connectivity index (χ2v) is 8.15. The van der Waals surface area contributed by atoms with Crippen molar-refractivity contribution in [2.45, 2.75) is 84.4 Å². The van der Waals surface area contributed by atoms with Crippen molar-refractivity contribution in [2.24, 2.45) is 5.92 Å². The summed E-state index contributed by atoms with van der Waals surface area (Å²) in [7, 11) is 0. The monoisotopic (exact) mass is 328 g/mol. The number of aliphatic hydroxyl groups excluding tert-OH is 1.